The van der Waals surface area contributed by atoms with E-state index in [1.165, 1.54) is 17.5 Å². The molecule has 0 amide bonds. The average Bonchev–Trinajstić information content (AvgIpc) is 2.45. The van der Waals surface area contributed by atoms with Gasteiger partial charge in [-0.1, -0.05) is 6.92 Å². The van der Waals surface area contributed by atoms with Crippen LogP contribution in [0.5, 0.6) is 0 Å². The summed E-state index contributed by atoms with van der Waals surface area (Å²) < 4.78 is 26.2. The average molecular weight is 296 g/mol. The molecule has 1 atom stereocenters. The van der Waals surface area contributed by atoms with E-state index in [0.717, 1.165) is 6.42 Å². The maximum Gasteiger partial charge on any atom is 0.246 e. The fourth-order valence-corrected chi connectivity index (χ4v) is 3.05. The van der Waals surface area contributed by atoms with E-state index in [9.17, 15) is 8.42 Å². The number of sulfonamides is 1. The predicted molar refractivity (Wildman–Crippen MR) is 77.6 cm³/mol. The molecule has 1 heterocycles. The van der Waals surface area contributed by atoms with Crippen LogP contribution in [-0.4, -0.2) is 37.8 Å². The number of nitrogens with one attached hydrogen (secondary N) is 1. The Kier molecular flexibility index (Phi) is 5.92. The van der Waals surface area contributed by atoms with Crippen molar-refractivity contribution in [1.29, 1.82) is 5.26 Å². The summed E-state index contributed by atoms with van der Waals surface area (Å²) in [7, 11) is -2.18. The van der Waals surface area contributed by atoms with Gasteiger partial charge in [0.1, 0.15) is 4.90 Å². The van der Waals surface area contributed by atoms with Crippen LogP contribution in [0.25, 0.3) is 0 Å². The first-order chi connectivity index (χ1) is 9.43. The summed E-state index contributed by atoms with van der Waals surface area (Å²) in [5.41, 5.74) is 0.540. The van der Waals surface area contributed by atoms with Crippen LogP contribution in [0.2, 0.25) is 0 Å². The van der Waals surface area contributed by atoms with Crippen molar-refractivity contribution in [2.75, 3.05) is 25.5 Å². The highest BCUT2D eigenvalue weighted by Crippen LogP contribution is 2.23. The highest BCUT2D eigenvalue weighted by Gasteiger charge is 2.25. The minimum absolute atomic E-state index is 0.140. The Bertz CT molecular complexity index is 580. The van der Waals surface area contributed by atoms with E-state index >= 15 is 0 Å². The van der Waals surface area contributed by atoms with Gasteiger partial charge in [-0.25, -0.2) is 8.42 Å². The smallest absolute Gasteiger partial charge is 0.246 e. The summed E-state index contributed by atoms with van der Waals surface area (Å²) in [6.45, 7) is 4.53. The molecule has 0 radical (unpaired) electrons. The topological polar surface area (TPSA) is 86.1 Å². The van der Waals surface area contributed by atoms with Crippen LogP contribution in [0.15, 0.2) is 23.4 Å². The lowest BCUT2D eigenvalue weighted by molar-refractivity contribution is 0.439. The largest absolute Gasteiger partial charge is 0.384 e. The van der Waals surface area contributed by atoms with Crippen molar-refractivity contribution >= 4 is 15.7 Å². The van der Waals surface area contributed by atoms with Gasteiger partial charge in [-0.2, -0.15) is 9.57 Å². The molecule has 7 heteroatoms. The highest BCUT2D eigenvalue weighted by molar-refractivity contribution is 7.89. The number of pyridine rings is 1. The highest BCUT2D eigenvalue weighted by atomic mass is 32.2. The van der Waals surface area contributed by atoms with Gasteiger partial charge in [0.25, 0.3) is 0 Å². The van der Waals surface area contributed by atoms with E-state index < -0.39 is 10.0 Å². The molecule has 1 N–H and O–H groups in total. The van der Waals surface area contributed by atoms with Crippen LogP contribution in [0.3, 0.4) is 0 Å². The first kappa shape index (κ1) is 16.4. The molecule has 20 heavy (non-hydrogen) atoms. The van der Waals surface area contributed by atoms with Gasteiger partial charge in [0.15, 0.2) is 0 Å². The van der Waals surface area contributed by atoms with E-state index in [2.05, 4.69) is 10.3 Å². The summed E-state index contributed by atoms with van der Waals surface area (Å²) in [6, 6.07) is 3.67. The second-order valence-corrected chi connectivity index (χ2v) is 6.63. The summed E-state index contributed by atoms with van der Waals surface area (Å²) in [6.07, 6.45) is 3.78. The lowest BCUT2D eigenvalue weighted by Gasteiger charge is -2.20. The molecular weight excluding hydrogens is 276 g/mol. The molecule has 0 bridgehead atoms. The second kappa shape index (κ2) is 7.22. The Morgan fingerprint density at radius 1 is 1.55 bits per heavy atom. The van der Waals surface area contributed by atoms with E-state index in [0.29, 0.717) is 12.2 Å². The van der Waals surface area contributed by atoms with Gasteiger partial charge in [-0.05, 0) is 19.4 Å². The second-order valence-electron chi connectivity index (χ2n) is 4.61. The van der Waals surface area contributed by atoms with Gasteiger partial charge in [0, 0.05) is 32.5 Å². The summed E-state index contributed by atoms with van der Waals surface area (Å²) >= 11 is 0. The molecule has 0 fully saturated rings. The molecule has 0 spiro atoms. The van der Waals surface area contributed by atoms with Gasteiger partial charge in [0.2, 0.25) is 10.0 Å². The van der Waals surface area contributed by atoms with E-state index in [-0.39, 0.29) is 17.4 Å². The number of rotatable bonds is 7. The standard InChI is InChI=1S/C13H20N4O2S/c1-4-6-16-12-5-7-15-9-13(12)20(18,19)17(3)10-11(2)8-14/h5,7,9,11H,4,6,10H2,1-3H3,(H,15,16). The Balaban J connectivity index is 3.06. The van der Waals surface area contributed by atoms with Crippen molar-refractivity contribution in [1.82, 2.24) is 9.29 Å². The summed E-state index contributed by atoms with van der Waals surface area (Å²) in [5.74, 6) is -0.363. The van der Waals surface area contributed by atoms with Crippen LogP contribution in [0.4, 0.5) is 5.69 Å². The molecule has 0 aliphatic carbocycles. The quantitative estimate of drug-likeness (QED) is 0.827. The number of hydrogen-bond acceptors (Lipinski definition) is 5. The zero-order valence-electron chi connectivity index (χ0n) is 12.0. The minimum Gasteiger partial charge on any atom is -0.384 e. The van der Waals surface area contributed by atoms with Crippen LogP contribution in [0, 0.1) is 17.2 Å². The van der Waals surface area contributed by atoms with Crippen LogP contribution in [0.1, 0.15) is 20.3 Å². The van der Waals surface area contributed by atoms with Gasteiger partial charge < -0.3 is 5.32 Å². The number of anilines is 1. The molecule has 0 aliphatic rings. The molecule has 6 nitrogen and oxygen atoms in total. The summed E-state index contributed by atoms with van der Waals surface area (Å²) in [4.78, 5) is 4.03. The van der Waals surface area contributed by atoms with Crippen molar-refractivity contribution in [3.63, 3.8) is 0 Å². The number of hydrogen-bond donors (Lipinski definition) is 1. The molecule has 1 aromatic rings. The monoisotopic (exact) mass is 296 g/mol. The van der Waals surface area contributed by atoms with Gasteiger partial charge in [0.05, 0.1) is 17.7 Å². The molecule has 1 rings (SSSR count). The fourth-order valence-electron chi connectivity index (χ4n) is 1.68. The molecular formula is C13H20N4O2S. The number of nitrogens with zero attached hydrogens (tertiary/aromatic N) is 3. The van der Waals surface area contributed by atoms with Gasteiger partial charge in [-0.3, -0.25) is 4.98 Å². The van der Waals surface area contributed by atoms with Crippen molar-refractivity contribution < 1.29 is 8.42 Å². The van der Waals surface area contributed by atoms with Crippen LogP contribution < -0.4 is 5.32 Å². The SMILES string of the molecule is CCCNc1ccncc1S(=O)(=O)N(C)CC(C)C#N. The maximum atomic E-state index is 12.5. The first-order valence-electron chi connectivity index (χ1n) is 6.47. The van der Waals surface area contributed by atoms with Crippen molar-refractivity contribution in [3.05, 3.63) is 18.5 Å². The third-order valence-corrected chi connectivity index (χ3v) is 4.64. The predicted octanol–water partition coefficient (Wildman–Crippen LogP) is 1.68. The normalized spacial score (nSPS) is 12.9. The van der Waals surface area contributed by atoms with Crippen molar-refractivity contribution in [2.24, 2.45) is 5.92 Å². The van der Waals surface area contributed by atoms with Gasteiger partial charge in [-0.15, -0.1) is 0 Å². The molecule has 0 aliphatic heterocycles. The lowest BCUT2D eigenvalue weighted by Crippen LogP contribution is -2.31. The Morgan fingerprint density at radius 2 is 2.25 bits per heavy atom. The Hall–Kier alpha value is -1.65. The van der Waals surface area contributed by atoms with E-state index in [1.54, 1.807) is 19.2 Å². The first-order valence-corrected chi connectivity index (χ1v) is 7.91. The molecule has 110 valence electrons. The minimum atomic E-state index is -3.65. The third kappa shape index (κ3) is 3.92. The molecule has 0 saturated heterocycles. The fraction of sp³-hybridized carbons (Fsp3) is 0.538. The van der Waals surface area contributed by atoms with E-state index in [4.69, 9.17) is 5.26 Å². The van der Waals surface area contributed by atoms with Crippen molar-refractivity contribution in [3.8, 4) is 6.07 Å². The van der Waals surface area contributed by atoms with Crippen LogP contribution in [-0.2, 0) is 10.0 Å². The Labute approximate surface area is 120 Å². The van der Waals surface area contributed by atoms with Crippen molar-refractivity contribution in [2.45, 2.75) is 25.2 Å². The summed E-state index contributed by atoms with van der Waals surface area (Å²) in [5, 5.41) is 11.9. The molecule has 1 unspecified atom stereocenters. The van der Waals surface area contributed by atoms with E-state index in [1.807, 2.05) is 13.0 Å². The maximum absolute atomic E-state index is 12.5. The number of aromatic nitrogens is 1. The lowest BCUT2D eigenvalue weighted by atomic mass is 10.2. The van der Waals surface area contributed by atoms with Crippen LogP contribution >= 0.6 is 0 Å². The Morgan fingerprint density at radius 3 is 2.85 bits per heavy atom. The molecule has 1 aromatic heterocycles. The molecule has 0 saturated carbocycles. The molecule has 0 aromatic carbocycles. The zero-order valence-corrected chi connectivity index (χ0v) is 12.8. The third-order valence-electron chi connectivity index (χ3n) is 2.79. The number of nitriles is 1. The zero-order chi connectivity index (χ0) is 15.2. The van der Waals surface area contributed by atoms with Gasteiger partial charge >= 0.3 is 0 Å².